The molecule has 9 nitrogen and oxygen atoms in total. The Morgan fingerprint density at radius 1 is 1.05 bits per heavy atom. The van der Waals surface area contributed by atoms with E-state index in [1.54, 1.807) is 26.4 Å². The number of hydrogen-bond acceptors (Lipinski definition) is 8. The molecule has 1 heterocycles. The minimum absolute atomic E-state index is 0.156. The maximum Gasteiger partial charge on any atom is 0.268 e. The first-order valence-corrected chi connectivity index (χ1v) is 12.8. The average Bonchev–Trinajstić information content (AvgIpc) is 2.93. The van der Waals surface area contributed by atoms with Gasteiger partial charge in [-0.3, -0.25) is 9.79 Å². The molecule has 0 saturated heterocycles. The van der Waals surface area contributed by atoms with Gasteiger partial charge in [0.15, 0.2) is 0 Å². The number of nitrogens with zero attached hydrogens (tertiary/aromatic N) is 3. The minimum Gasteiger partial charge on any atom is -0.438 e. The molecule has 0 unspecified atom stereocenters. The Bertz CT molecular complexity index is 1200. The Balaban J connectivity index is 0.000000226. The second-order valence-corrected chi connectivity index (χ2v) is 8.93. The lowest BCUT2D eigenvalue weighted by molar-refractivity contribution is -0.117. The highest BCUT2D eigenvalue weighted by atomic mass is 35.5. The normalized spacial score (nSPS) is 12.3. The molecule has 0 radical (unpaired) electrons. The van der Waals surface area contributed by atoms with Crippen LogP contribution in [0.3, 0.4) is 0 Å². The molecule has 39 heavy (non-hydrogen) atoms. The first-order valence-electron chi connectivity index (χ1n) is 12.5. The predicted molar refractivity (Wildman–Crippen MR) is 155 cm³/mol. The van der Waals surface area contributed by atoms with Gasteiger partial charge >= 0.3 is 0 Å². The van der Waals surface area contributed by atoms with Crippen LogP contribution in [0.5, 0.6) is 11.6 Å². The second-order valence-electron chi connectivity index (χ2n) is 8.49. The molecule has 4 rings (SSSR count). The maximum absolute atomic E-state index is 11.3. The number of hydrogen-bond donors (Lipinski definition) is 3. The van der Waals surface area contributed by atoms with Crippen LogP contribution in [0.1, 0.15) is 30.5 Å². The van der Waals surface area contributed by atoms with E-state index in [2.05, 4.69) is 37.9 Å². The molecule has 1 aliphatic carbocycles. The summed E-state index contributed by atoms with van der Waals surface area (Å²) in [6.45, 7) is 5.96. The van der Waals surface area contributed by atoms with Gasteiger partial charge in [0.05, 0.1) is 11.4 Å². The van der Waals surface area contributed by atoms with Crippen LogP contribution in [0.25, 0.3) is 0 Å². The molecule has 0 aliphatic heterocycles. The average molecular weight is 551 g/mol. The predicted octanol–water partition coefficient (Wildman–Crippen LogP) is 5.13. The number of aromatic nitrogens is 2. The lowest BCUT2D eigenvalue weighted by Crippen LogP contribution is -2.28. The fourth-order valence-corrected chi connectivity index (χ4v) is 3.14. The van der Waals surface area contributed by atoms with Crippen LogP contribution < -0.4 is 20.7 Å². The Hall–Kier alpha value is -4.24. The summed E-state index contributed by atoms with van der Waals surface area (Å²) in [7, 11) is 3.29. The molecule has 0 spiro atoms. The third kappa shape index (κ3) is 11.8. The third-order valence-corrected chi connectivity index (χ3v) is 5.82. The number of likely N-dealkylation sites (N-methyl/N-ethyl adjacent to an activating group) is 2. The van der Waals surface area contributed by atoms with Gasteiger partial charge in [-0.1, -0.05) is 30.2 Å². The molecular formula is C29H35ClN6O3. The van der Waals surface area contributed by atoms with Crippen molar-refractivity contribution in [3.63, 3.8) is 0 Å². The molecule has 1 fully saturated rings. The summed E-state index contributed by atoms with van der Waals surface area (Å²) in [6, 6.07) is 18.4. The molecule has 10 heteroatoms. The summed E-state index contributed by atoms with van der Waals surface area (Å²) >= 11 is 5.78. The largest absolute Gasteiger partial charge is 0.438 e. The molecule has 1 aromatic heterocycles. The van der Waals surface area contributed by atoms with Gasteiger partial charge < -0.3 is 25.5 Å². The van der Waals surface area contributed by atoms with Crippen molar-refractivity contribution < 1.29 is 14.3 Å². The molecule has 0 atom stereocenters. The lowest BCUT2D eigenvalue weighted by atomic mass is 9.87. The number of amides is 1. The Kier molecular flexibility index (Phi) is 13.7. The molecule has 2 aromatic carbocycles. The van der Waals surface area contributed by atoms with Crippen molar-refractivity contribution >= 4 is 36.2 Å². The van der Waals surface area contributed by atoms with Crippen molar-refractivity contribution in [3.8, 4) is 11.6 Å². The SMILES string of the molecule is C=Nc1ccc(Oc2ccc(C)nn2)cc1.CNC(=O)/C(=C\NCc1ccc(Cl)cc1)NC.O=CC1CCC1. The lowest BCUT2D eigenvalue weighted by Gasteiger charge is -2.17. The molecule has 1 saturated carbocycles. The summed E-state index contributed by atoms with van der Waals surface area (Å²) in [5.74, 6) is 1.46. The van der Waals surface area contributed by atoms with E-state index in [-0.39, 0.29) is 5.91 Å². The van der Waals surface area contributed by atoms with E-state index in [1.165, 1.54) is 6.42 Å². The van der Waals surface area contributed by atoms with Crippen LogP contribution in [0.4, 0.5) is 5.69 Å². The van der Waals surface area contributed by atoms with Gasteiger partial charge in [0, 0.05) is 43.8 Å². The molecule has 0 bridgehead atoms. The Labute approximate surface area is 234 Å². The van der Waals surface area contributed by atoms with Gasteiger partial charge in [0.1, 0.15) is 17.7 Å². The van der Waals surface area contributed by atoms with E-state index >= 15 is 0 Å². The number of aryl methyl sites for hydroxylation is 1. The standard InChI is InChI=1S/C12H16ClN3O.C12H11N3O.C5H8O/c1-14-11(12(17)15-2)8-16-7-9-3-5-10(13)6-4-9;1-9-3-8-12(15-14-9)16-11-6-4-10(13-2)5-7-11;6-4-5-2-1-3-5/h3-6,8,14,16H,7H2,1-2H3,(H,15,17);3-8H,2H2,1H3;4-5H,1-3H2/b11-8+;;. The monoisotopic (exact) mass is 550 g/mol. The fraction of sp³-hybridized carbons (Fsp3) is 0.276. The smallest absolute Gasteiger partial charge is 0.268 e. The molecule has 1 aliphatic rings. The first-order chi connectivity index (χ1) is 18.9. The van der Waals surface area contributed by atoms with Crippen LogP contribution in [-0.2, 0) is 16.1 Å². The van der Waals surface area contributed by atoms with Gasteiger partial charge in [0.25, 0.3) is 5.91 Å². The zero-order chi connectivity index (χ0) is 28.5. The Morgan fingerprint density at radius 2 is 1.74 bits per heavy atom. The molecule has 206 valence electrons. The van der Waals surface area contributed by atoms with Crippen molar-refractivity contribution in [2.24, 2.45) is 10.9 Å². The summed E-state index contributed by atoms with van der Waals surface area (Å²) in [5.41, 5.74) is 3.25. The number of carbonyl (C=O) groups excluding carboxylic acids is 2. The Morgan fingerprint density at radius 3 is 2.21 bits per heavy atom. The number of halogens is 1. The van der Waals surface area contributed by atoms with E-state index in [0.29, 0.717) is 34.8 Å². The topological polar surface area (TPSA) is 118 Å². The molecule has 1 amide bonds. The van der Waals surface area contributed by atoms with E-state index in [0.717, 1.165) is 36.1 Å². The first kappa shape index (κ1) is 31.0. The maximum atomic E-state index is 11.3. The van der Waals surface area contributed by atoms with E-state index in [4.69, 9.17) is 16.3 Å². The second kappa shape index (κ2) is 17.3. The van der Waals surface area contributed by atoms with Crippen LogP contribution in [0.2, 0.25) is 5.02 Å². The summed E-state index contributed by atoms with van der Waals surface area (Å²) < 4.78 is 5.50. The summed E-state index contributed by atoms with van der Waals surface area (Å²) in [6.07, 6.45) is 6.26. The van der Waals surface area contributed by atoms with Crippen molar-refractivity contribution in [2.45, 2.75) is 32.7 Å². The van der Waals surface area contributed by atoms with Crippen molar-refractivity contribution in [1.29, 1.82) is 0 Å². The van der Waals surface area contributed by atoms with E-state index < -0.39 is 0 Å². The number of carbonyl (C=O) groups is 2. The highest BCUT2D eigenvalue weighted by Crippen LogP contribution is 2.23. The minimum atomic E-state index is -0.156. The van der Waals surface area contributed by atoms with Gasteiger partial charge in [-0.25, -0.2) is 0 Å². The zero-order valence-electron chi connectivity index (χ0n) is 22.5. The number of nitrogens with one attached hydrogen (secondary N) is 3. The van der Waals surface area contributed by atoms with Gasteiger partial charge in [-0.05, 0) is 74.5 Å². The summed E-state index contributed by atoms with van der Waals surface area (Å²) in [5, 5.41) is 16.9. The molecule has 3 aromatic rings. The van der Waals surface area contributed by atoms with Crippen molar-refractivity contribution in [2.75, 3.05) is 14.1 Å². The quantitative estimate of drug-likeness (QED) is 0.192. The fourth-order valence-electron chi connectivity index (χ4n) is 3.02. The number of aldehydes is 1. The number of aliphatic imine (C=N–C) groups is 1. The van der Waals surface area contributed by atoms with Crippen LogP contribution in [0.15, 0.2) is 77.6 Å². The highest BCUT2D eigenvalue weighted by Gasteiger charge is 2.14. The number of ether oxygens (including phenoxy) is 1. The van der Waals surface area contributed by atoms with Crippen LogP contribution in [0, 0.1) is 12.8 Å². The van der Waals surface area contributed by atoms with Crippen molar-refractivity contribution in [1.82, 2.24) is 26.1 Å². The molecule has 3 N–H and O–H groups in total. The van der Waals surface area contributed by atoms with E-state index in [9.17, 15) is 9.59 Å². The summed E-state index contributed by atoms with van der Waals surface area (Å²) in [4.78, 5) is 24.9. The third-order valence-electron chi connectivity index (χ3n) is 5.56. The molecular weight excluding hydrogens is 516 g/mol. The van der Waals surface area contributed by atoms with Gasteiger partial charge in [-0.2, -0.15) is 5.10 Å². The van der Waals surface area contributed by atoms with Crippen molar-refractivity contribution in [3.05, 3.63) is 88.8 Å². The van der Waals surface area contributed by atoms with E-state index in [1.807, 2.05) is 61.5 Å². The van der Waals surface area contributed by atoms with Gasteiger partial charge in [0.2, 0.25) is 5.88 Å². The highest BCUT2D eigenvalue weighted by molar-refractivity contribution is 6.30. The zero-order valence-corrected chi connectivity index (χ0v) is 23.2. The van der Waals surface area contributed by atoms with Crippen LogP contribution in [-0.4, -0.2) is 43.2 Å². The number of rotatable bonds is 9. The van der Waals surface area contributed by atoms with Crippen LogP contribution >= 0.6 is 11.6 Å². The van der Waals surface area contributed by atoms with Gasteiger partial charge in [-0.15, -0.1) is 5.10 Å². The number of benzene rings is 2.